The SMILES string of the molecule is CC(C)(C)C1CCC2(CC1)N=C(c1ccccc1F)C(=O)N2CCc1ccc(C(=O)NCCC(=O)O)cc1. The smallest absolute Gasteiger partial charge is 0.305 e. The molecule has 0 saturated heterocycles. The van der Waals surface area contributed by atoms with Crippen molar-refractivity contribution in [3.05, 3.63) is 71.0 Å². The maximum absolute atomic E-state index is 14.7. The van der Waals surface area contributed by atoms with Gasteiger partial charge in [0, 0.05) is 24.2 Å². The topological polar surface area (TPSA) is 99.1 Å². The van der Waals surface area contributed by atoms with Crippen LogP contribution in [-0.4, -0.2) is 52.3 Å². The summed E-state index contributed by atoms with van der Waals surface area (Å²) in [5.74, 6) is -1.45. The number of aliphatic imine (C=N–C) groups is 1. The lowest BCUT2D eigenvalue weighted by molar-refractivity contribution is -0.136. The van der Waals surface area contributed by atoms with Crippen LogP contribution in [0.2, 0.25) is 0 Å². The van der Waals surface area contributed by atoms with E-state index in [9.17, 15) is 18.8 Å². The summed E-state index contributed by atoms with van der Waals surface area (Å²) in [4.78, 5) is 43.3. The van der Waals surface area contributed by atoms with Crippen molar-refractivity contribution in [3.8, 4) is 0 Å². The van der Waals surface area contributed by atoms with Gasteiger partial charge in [-0.2, -0.15) is 0 Å². The predicted octanol–water partition coefficient (Wildman–Crippen LogP) is 4.84. The lowest BCUT2D eigenvalue weighted by Crippen LogP contribution is -2.50. The maximum Gasteiger partial charge on any atom is 0.305 e. The van der Waals surface area contributed by atoms with Crippen LogP contribution in [0.3, 0.4) is 0 Å². The van der Waals surface area contributed by atoms with Crippen molar-refractivity contribution in [1.82, 2.24) is 10.2 Å². The van der Waals surface area contributed by atoms with Gasteiger partial charge in [0.1, 0.15) is 17.2 Å². The molecule has 8 heteroatoms. The summed E-state index contributed by atoms with van der Waals surface area (Å²) < 4.78 is 14.7. The number of nitrogens with one attached hydrogen (secondary N) is 1. The van der Waals surface area contributed by atoms with Gasteiger partial charge in [0.2, 0.25) is 0 Å². The van der Waals surface area contributed by atoms with Crippen LogP contribution in [0.25, 0.3) is 0 Å². The number of benzene rings is 2. The molecule has 2 N–H and O–H groups in total. The largest absolute Gasteiger partial charge is 0.481 e. The fourth-order valence-electron chi connectivity index (χ4n) is 5.55. The van der Waals surface area contributed by atoms with Gasteiger partial charge >= 0.3 is 5.97 Å². The third kappa shape index (κ3) is 5.95. The minimum Gasteiger partial charge on any atom is -0.481 e. The number of carbonyl (C=O) groups excluding carboxylic acids is 2. The van der Waals surface area contributed by atoms with Crippen molar-refractivity contribution >= 4 is 23.5 Å². The normalized spacial score (nSPS) is 21.5. The van der Waals surface area contributed by atoms with Crippen LogP contribution in [0, 0.1) is 17.2 Å². The van der Waals surface area contributed by atoms with Crippen molar-refractivity contribution in [2.24, 2.45) is 16.3 Å². The Kier molecular flexibility index (Phi) is 7.99. The number of aliphatic carboxylic acids is 1. The van der Waals surface area contributed by atoms with Gasteiger partial charge < -0.3 is 15.3 Å². The number of halogens is 1. The van der Waals surface area contributed by atoms with Crippen molar-refractivity contribution in [2.75, 3.05) is 13.1 Å². The second kappa shape index (κ2) is 11.1. The molecule has 1 spiro atoms. The third-order valence-corrected chi connectivity index (χ3v) is 7.87. The molecule has 38 heavy (non-hydrogen) atoms. The molecule has 1 fully saturated rings. The first kappa shape index (κ1) is 27.5. The molecule has 2 aromatic rings. The highest BCUT2D eigenvalue weighted by molar-refractivity contribution is 6.46. The Hall–Kier alpha value is -3.55. The summed E-state index contributed by atoms with van der Waals surface area (Å²) in [5.41, 5.74) is 1.35. The highest BCUT2D eigenvalue weighted by Crippen LogP contribution is 2.46. The van der Waals surface area contributed by atoms with Gasteiger partial charge in [0.05, 0.1) is 6.42 Å². The summed E-state index contributed by atoms with van der Waals surface area (Å²) in [6.45, 7) is 7.24. The molecule has 2 aliphatic rings. The standard InChI is InChI=1S/C30H36FN3O4/c1-29(2,3)22-12-16-30(17-13-22)33-26(23-6-4-5-7-24(23)31)28(38)34(30)19-15-20-8-10-21(11-9-20)27(37)32-18-14-25(35)36/h4-11,22H,12-19H2,1-3H3,(H,32,37)(H,35,36). The number of nitrogens with zero attached hydrogens (tertiary/aromatic N) is 2. The first-order valence-electron chi connectivity index (χ1n) is 13.3. The highest BCUT2D eigenvalue weighted by atomic mass is 19.1. The van der Waals surface area contributed by atoms with Gasteiger partial charge in [0.15, 0.2) is 0 Å². The van der Waals surface area contributed by atoms with Crippen LogP contribution >= 0.6 is 0 Å². The predicted molar refractivity (Wildman–Crippen MR) is 144 cm³/mol. The lowest BCUT2D eigenvalue weighted by Gasteiger charge is -2.45. The quantitative estimate of drug-likeness (QED) is 0.519. The minimum atomic E-state index is -0.969. The molecule has 0 unspecified atom stereocenters. The van der Waals surface area contributed by atoms with Crippen LogP contribution in [-0.2, 0) is 16.0 Å². The lowest BCUT2D eigenvalue weighted by atomic mass is 9.69. The molecule has 0 bridgehead atoms. The van der Waals surface area contributed by atoms with Crippen molar-refractivity contribution < 1.29 is 23.9 Å². The molecule has 4 rings (SSSR count). The molecular formula is C30H36FN3O4. The summed E-state index contributed by atoms with van der Waals surface area (Å²) in [7, 11) is 0. The van der Waals surface area contributed by atoms with E-state index >= 15 is 0 Å². The zero-order valence-electron chi connectivity index (χ0n) is 22.3. The van der Waals surface area contributed by atoms with E-state index in [4.69, 9.17) is 10.1 Å². The number of amides is 2. The highest BCUT2D eigenvalue weighted by Gasteiger charge is 2.50. The number of carboxylic acid groups (broad SMARTS) is 1. The van der Waals surface area contributed by atoms with E-state index in [1.54, 1.807) is 30.3 Å². The summed E-state index contributed by atoms with van der Waals surface area (Å²) >= 11 is 0. The zero-order valence-corrected chi connectivity index (χ0v) is 22.3. The zero-order chi connectivity index (χ0) is 27.5. The van der Waals surface area contributed by atoms with Gasteiger partial charge in [-0.1, -0.05) is 45.0 Å². The molecule has 0 aromatic heterocycles. The third-order valence-electron chi connectivity index (χ3n) is 7.87. The van der Waals surface area contributed by atoms with Gasteiger partial charge in [-0.3, -0.25) is 19.4 Å². The number of carbonyl (C=O) groups is 3. The fraction of sp³-hybridized carbons (Fsp3) is 0.467. The van der Waals surface area contributed by atoms with Crippen molar-refractivity contribution in [3.63, 3.8) is 0 Å². The molecule has 0 atom stereocenters. The first-order chi connectivity index (χ1) is 18.0. The van der Waals surface area contributed by atoms with Crippen LogP contribution in [0.15, 0.2) is 53.5 Å². The van der Waals surface area contributed by atoms with E-state index in [1.807, 2.05) is 17.0 Å². The number of carboxylic acids is 1. The number of hydrogen-bond donors (Lipinski definition) is 2. The molecule has 7 nitrogen and oxygen atoms in total. The molecule has 0 radical (unpaired) electrons. The maximum atomic E-state index is 14.7. The second-order valence-corrected chi connectivity index (χ2v) is 11.4. The number of rotatable bonds is 8. The van der Waals surface area contributed by atoms with E-state index in [1.165, 1.54) is 6.07 Å². The van der Waals surface area contributed by atoms with E-state index in [0.29, 0.717) is 24.4 Å². The average molecular weight is 522 g/mol. The molecule has 2 amide bonds. The average Bonchev–Trinajstić information content (AvgIpc) is 3.13. The molecule has 1 heterocycles. The van der Waals surface area contributed by atoms with E-state index in [-0.39, 0.29) is 41.5 Å². The van der Waals surface area contributed by atoms with Crippen LogP contribution in [0.4, 0.5) is 4.39 Å². The first-order valence-corrected chi connectivity index (χ1v) is 13.3. The molecule has 1 aliphatic heterocycles. The van der Waals surface area contributed by atoms with Crippen LogP contribution < -0.4 is 5.32 Å². The van der Waals surface area contributed by atoms with Gasteiger partial charge in [-0.15, -0.1) is 0 Å². The van der Waals surface area contributed by atoms with E-state index in [2.05, 4.69) is 26.1 Å². The molecule has 1 saturated carbocycles. The van der Waals surface area contributed by atoms with Crippen LogP contribution in [0.5, 0.6) is 0 Å². The monoisotopic (exact) mass is 521 g/mol. The molecule has 2 aromatic carbocycles. The Morgan fingerprint density at radius 2 is 1.76 bits per heavy atom. The van der Waals surface area contributed by atoms with Gasteiger partial charge in [-0.25, -0.2) is 4.39 Å². The fourth-order valence-corrected chi connectivity index (χ4v) is 5.55. The molecule has 1 aliphatic carbocycles. The Bertz CT molecular complexity index is 1220. The van der Waals surface area contributed by atoms with Gasteiger partial charge in [-0.05, 0) is 73.3 Å². The molecular weight excluding hydrogens is 485 g/mol. The van der Waals surface area contributed by atoms with Crippen molar-refractivity contribution in [1.29, 1.82) is 0 Å². The van der Waals surface area contributed by atoms with E-state index < -0.39 is 17.4 Å². The van der Waals surface area contributed by atoms with E-state index in [0.717, 1.165) is 31.2 Å². The minimum absolute atomic E-state index is 0.0650. The summed E-state index contributed by atoms with van der Waals surface area (Å²) in [6, 6.07) is 13.4. The molecule has 202 valence electrons. The Morgan fingerprint density at radius 1 is 1.11 bits per heavy atom. The van der Waals surface area contributed by atoms with Crippen LogP contribution in [0.1, 0.15) is 74.4 Å². The summed E-state index contributed by atoms with van der Waals surface area (Å²) in [6.07, 6.45) is 3.82. The second-order valence-electron chi connectivity index (χ2n) is 11.4. The summed E-state index contributed by atoms with van der Waals surface area (Å²) in [5, 5.41) is 11.3. The Labute approximate surface area is 223 Å². The Morgan fingerprint density at radius 3 is 2.37 bits per heavy atom. The number of hydrogen-bond acceptors (Lipinski definition) is 4. The van der Waals surface area contributed by atoms with Gasteiger partial charge in [0.25, 0.3) is 11.8 Å². The van der Waals surface area contributed by atoms with Crippen molar-refractivity contribution in [2.45, 2.75) is 65.0 Å². The Balaban J connectivity index is 1.50.